The molecule has 0 saturated carbocycles. The maximum absolute atomic E-state index is 8.94. The Balaban J connectivity index is 2.06. The van der Waals surface area contributed by atoms with Crippen LogP contribution in [0.4, 0.5) is 0 Å². The van der Waals surface area contributed by atoms with Crippen molar-refractivity contribution in [1.82, 2.24) is 0 Å². The average Bonchev–Trinajstić information content (AvgIpc) is 2.77. The number of unbranched alkanes of at least 4 members (excludes halogenated alkanes) is 4. The molecule has 0 saturated heterocycles. The fourth-order valence-corrected chi connectivity index (χ4v) is 6.34. The number of allylic oxidation sites excluding steroid dienone is 12. The van der Waals surface area contributed by atoms with Crippen LogP contribution in [0.2, 0.25) is 0 Å². The first-order chi connectivity index (χ1) is 12.8. The number of rotatable bonds is 9. The summed E-state index contributed by atoms with van der Waals surface area (Å²) in [6, 6.07) is 0. The van der Waals surface area contributed by atoms with Gasteiger partial charge in [0.25, 0.3) is 0 Å². The van der Waals surface area contributed by atoms with Crippen LogP contribution in [0.15, 0.2) is 71.6 Å². The summed E-state index contributed by atoms with van der Waals surface area (Å²) in [7, 11) is -0.154. The van der Waals surface area contributed by atoms with Crippen LogP contribution in [0.3, 0.4) is 0 Å². The lowest BCUT2D eigenvalue weighted by Crippen LogP contribution is -2.06. The molecule has 2 atom stereocenters. The molecule has 142 valence electrons. The molecule has 0 aliphatic heterocycles. The zero-order valence-corrected chi connectivity index (χ0v) is 17.2. The van der Waals surface area contributed by atoms with Crippen molar-refractivity contribution < 1.29 is 5.11 Å². The molecule has 26 heavy (non-hydrogen) atoms. The minimum atomic E-state index is -0.154. The molecule has 0 radical (unpaired) electrons. The number of hydrogen-bond donors (Lipinski definition) is 1. The standard InChI is InChI=1S/C24H35OP/c1-22-14-13-17-24(19-18-22)26(21-12-8-4-7-11-20-25)23-15-9-5-2-3-6-10-16-23/h2,5-6,9-10,13-15,18-19,23,25H,3-4,7-8,11-12,16-17,20-21H2,1H3/b5-2-,10-6-,15-9?. The van der Waals surface area contributed by atoms with E-state index in [0.29, 0.717) is 12.3 Å². The van der Waals surface area contributed by atoms with Crippen LogP contribution in [0.1, 0.15) is 58.3 Å². The molecule has 0 bridgehead atoms. The third-order valence-corrected chi connectivity index (χ3v) is 8.02. The van der Waals surface area contributed by atoms with Crippen molar-refractivity contribution in [3.63, 3.8) is 0 Å². The van der Waals surface area contributed by atoms with E-state index in [1.54, 1.807) is 5.31 Å². The molecule has 0 fully saturated rings. The number of aliphatic hydroxyl groups is 1. The molecule has 0 aromatic carbocycles. The Labute approximate surface area is 161 Å². The molecule has 0 aromatic heterocycles. The van der Waals surface area contributed by atoms with Crippen LogP contribution in [-0.4, -0.2) is 23.5 Å². The highest BCUT2D eigenvalue weighted by Gasteiger charge is 2.21. The molecule has 0 amide bonds. The van der Waals surface area contributed by atoms with E-state index in [2.05, 4.69) is 67.7 Å². The minimum Gasteiger partial charge on any atom is -0.396 e. The van der Waals surface area contributed by atoms with Gasteiger partial charge in [-0.1, -0.05) is 93.5 Å². The van der Waals surface area contributed by atoms with Gasteiger partial charge >= 0.3 is 0 Å². The molecule has 1 N–H and O–H groups in total. The van der Waals surface area contributed by atoms with Crippen LogP contribution in [0, 0.1) is 0 Å². The second-order valence-corrected chi connectivity index (χ2v) is 9.81. The van der Waals surface area contributed by atoms with Crippen molar-refractivity contribution in [1.29, 1.82) is 0 Å². The largest absolute Gasteiger partial charge is 0.396 e. The van der Waals surface area contributed by atoms with Gasteiger partial charge in [0.05, 0.1) is 0 Å². The van der Waals surface area contributed by atoms with Gasteiger partial charge in [-0.05, 0) is 50.5 Å². The van der Waals surface area contributed by atoms with Gasteiger partial charge in [0, 0.05) is 12.3 Å². The summed E-state index contributed by atoms with van der Waals surface area (Å²) < 4.78 is 0. The highest BCUT2D eigenvalue weighted by molar-refractivity contribution is 7.63. The summed E-state index contributed by atoms with van der Waals surface area (Å²) in [5.41, 5.74) is 2.00. The van der Waals surface area contributed by atoms with Gasteiger partial charge in [-0.25, -0.2) is 0 Å². The maximum atomic E-state index is 8.94. The van der Waals surface area contributed by atoms with Gasteiger partial charge in [-0.15, -0.1) is 0 Å². The Bertz CT molecular complexity index is 577. The third-order valence-electron chi connectivity index (χ3n) is 4.97. The summed E-state index contributed by atoms with van der Waals surface area (Å²) in [5.74, 6) is 0. The van der Waals surface area contributed by atoms with Crippen molar-refractivity contribution in [2.24, 2.45) is 0 Å². The molecular weight excluding hydrogens is 335 g/mol. The zero-order valence-electron chi connectivity index (χ0n) is 16.3. The molecule has 2 unspecified atom stereocenters. The van der Waals surface area contributed by atoms with Gasteiger partial charge < -0.3 is 5.11 Å². The van der Waals surface area contributed by atoms with E-state index >= 15 is 0 Å². The van der Waals surface area contributed by atoms with Gasteiger partial charge in [0.15, 0.2) is 0 Å². The van der Waals surface area contributed by atoms with Crippen LogP contribution in [0.25, 0.3) is 0 Å². The van der Waals surface area contributed by atoms with Crippen molar-refractivity contribution in [3.8, 4) is 0 Å². The summed E-state index contributed by atoms with van der Waals surface area (Å²) >= 11 is 0. The smallest absolute Gasteiger partial charge is 0.0431 e. The van der Waals surface area contributed by atoms with E-state index in [-0.39, 0.29) is 7.92 Å². The SMILES string of the molecule is CC1=CC=C(P(CCCCCCCO)C2C=C/C=C\C/C=C\C2)CC=C1. The van der Waals surface area contributed by atoms with Gasteiger partial charge in [-0.3, -0.25) is 0 Å². The Hall–Kier alpha value is -1.17. The fourth-order valence-electron chi connectivity index (χ4n) is 3.45. The average molecular weight is 371 g/mol. The predicted molar refractivity (Wildman–Crippen MR) is 118 cm³/mol. The Morgan fingerprint density at radius 3 is 2.69 bits per heavy atom. The molecule has 0 heterocycles. The Morgan fingerprint density at radius 2 is 1.81 bits per heavy atom. The maximum Gasteiger partial charge on any atom is 0.0431 e. The third kappa shape index (κ3) is 8.02. The first-order valence-corrected chi connectivity index (χ1v) is 11.8. The molecule has 2 heteroatoms. The Morgan fingerprint density at radius 1 is 0.962 bits per heavy atom. The molecule has 1 nitrogen and oxygen atoms in total. The Kier molecular flexibility index (Phi) is 10.6. The van der Waals surface area contributed by atoms with Crippen LogP contribution in [0.5, 0.6) is 0 Å². The fraction of sp³-hybridized carbons (Fsp3) is 0.500. The molecular formula is C24H35OP. The monoisotopic (exact) mass is 370 g/mol. The lowest BCUT2D eigenvalue weighted by atomic mass is 10.2. The van der Waals surface area contributed by atoms with Crippen molar-refractivity contribution in [2.75, 3.05) is 12.8 Å². The zero-order chi connectivity index (χ0) is 18.5. The minimum absolute atomic E-state index is 0.154. The quantitative estimate of drug-likeness (QED) is 0.262. The summed E-state index contributed by atoms with van der Waals surface area (Å²) in [6.07, 6.45) is 33.8. The molecule has 2 aliphatic rings. The lowest BCUT2D eigenvalue weighted by molar-refractivity contribution is 0.282. The topological polar surface area (TPSA) is 20.2 Å². The van der Waals surface area contributed by atoms with Crippen LogP contribution >= 0.6 is 7.92 Å². The number of hydrogen-bond acceptors (Lipinski definition) is 1. The van der Waals surface area contributed by atoms with E-state index in [1.165, 1.54) is 37.4 Å². The van der Waals surface area contributed by atoms with E-state index in [4.69, 9.17) is 5.11 Å². The van der Waals surface area contributed by atoms with Gasteiger partial charge in [0.1, 0.15) is 0 Å². The van der Waals surface area contributed by atoms with E-state index in [1.807, 2.05) is 0 Å². The van der Waals surface area contributed by atoms with Gasteiger partial charge in [0.2, 0.25) is 0 Å². The summed E-state index contributed by atoms with van der Waals surface area (Å²) in [4.78, 5) is 0. The van der Waals surface area contributed by atoms with E-state index in [0.717, 1.165) is 25.7 Å². The second kappa shape index (κ2) is 13.1. The van der Waals surface area contributed by atoms with E-state index < -0.39 is 0 Å². The first kappa shape index (κ1) is 21.1. The molecule has 2 aliphatic carbocycles. The second-order valence-electron chi connectivity index (χ2n) is 7.18. The molecule has 0 spiro atoms. The van der Waals surface area contributed by atoms with Crippen LogP contribution in [-0.2, 0) is 0 Å². The highest BCUT2D eigenvalue weighted by atomic mass is 31.1. The van der Waals surface area contributed by atoms with Crippen molar-refractivity contribution >= 4 is 7.92 Å². The summed E-state index contributed by atoms with van der Waals surface area (Å²) in [5, 5.41) is 10.6. The predicted octanol–water partition coefficient (Wildman–Crippen LogP) is 7.03. The first-order valence-electron chi connectivity index (χ1n) is 10.2. The number of aliphatic hydroxyl groups excluding tert-OH is 1. The molecule has 0 aromatic rings. The highest BCUT2D eigenvalue weighted by Crippen LogP contribution is 2.54. The lowest BCUT2D eigenvalue weighted by Gasteiger charge is -2.27. The normalized spacial score (nSPS) is 23.8. The van der Waals surface area contributed by atoms with Gasteiger partial charge in [-0.2, -0.15) is 0 Å². The molecule has 2 rings (SSSR count). The summed E-state index contributed by atoms with van der Waals surface area (Å²) in [6.45, 7) is 2.52. The van der Waals surface area contributed by atoms with Crippen molar-refractivity contribution in [2.45, 2.75) is 63.9 Å². The van der Waals surface area contributed by atoms with E-state index in [9.17, 15) is 0 Å². The van der Waals surface area contributed by atoms with Crippen molar-refractivity contribution in [3.05, 3.63) is 71.6 Å². The van der Waals surface area contributed by atoms with Crippen LogP contribution < -0.4 is 0 Å².